The van der Waals surface area contributed by atoms with Crippen molar-refractivity contribution in [2.75, 3.05) is 172 Å². The third-order valence-corrected chi connectivity index (χ3v) is 14.6. The van der Waals surface area contributed by atoms with E-state index in [1.165, 1.54) is 148 Å². The van der Waals surface area contributed by atoms with Gasteiger partial charge in [-0.1, -0.05) is 194 Å². The van der Waals surface area contributed by atoms with Gasteiger partial charge in [-0.05, 0) is 12.8 Å². The van der Waals surface area contributed by atoms with E-state index in [-0.39, 0.29) is 39.2 Å². The van der Waals surface area contributed by atoms with Gasteiger partial charge in [0, 0.05) is 25.9 Å². The minimum absolute atomic E-state index is 0.0118. The summed E-state index contributed by atoms with van der Waals surface area (Å²) in [4.78, 5) is 36.0. The molecule has 0 aromatic carbocycles. The maximum atomic E-state index is 12.9. The van der Waals surface area contributed by atoms with Crippen LogP contribution in [0.15, 0.2) is 0 Å². The van der Waals surface area contributed by atoms with E-state index < -0.39 is 32.5 Å². The fourth-order valence-corrected chi connectivity index (χ4v) is 9.51. The van der Waals surface area contributed by atoms with Crippen LogP contribution in [0.3, 0.4) is 0 Å². The Morgan fingerprint density at radius 2 is 0.619 bits per heavy atom. The number of hydrogen-bond acceptors (Lipinski definition) is 19. The number of phosphoric ester groups is 1. The Balaban J connectivity index is 4.11. The van der Waals surface area contributed by atoms with Gasteiger partial charge >= 0.3 is 19.8 Å². The molecule has 0 aliphatic heterocycles. The van der Waals surface area contributed by atoms with E-state index in [1.807, 2.05) is 0 Å². The van der Waals surface area contributed by atoms with Crippen LogP contribution in [0.4, 0.5) is 0 Å². The van der Waals surface area contributed by atoms with Crippen LogP contribution < -0.4 is 5.32 Å². The molecule has 20 nitrogen and oxygen atoms in total. The van der Waals surface area contributed by atoms with E-state index in [0.717, 1.165) is 38.5 Å². The molecule has 0 spiro atoms. The monoisotopic (exact) mass is 1230 g/mol. The summed E-state index contributed by atoms with van der Waals surface area (Å²) in [5, 5.41) is 11.7. The van der Waals surface area contributed by atoms with Crippen LogP contribution in [0.25, 0.3) is 0 Å². The number of unbranched alkanes of at least 4 members (excludes halogenated alkanes) is 28. The third kappa shape index (κ3) is 69.7. The first-order valence-corrected chi connectivity index (χ1v) is 34.9. The molecule has 0 saturated heterocycles. The molecule has 84 heavy (non-hydrogen) atoms. The number of phosphoric acid groups is 1. The molecule has 0 fully saturated rings. The second-order valence-corrected chi connectivity index (χ2v) is 22.8. The highest BCUT2D eigenvalue weighted by molar-refractivity contribution is 7.47. The van der Waals surface area contributed by atoms with Crippen molar-refractivity contribution >= 4 is 19.8 Å². The van der Waals surface area contributed by atoms with Crippen LogP contribution in [0, 0.1) is 0 Å². The Hall–Kier alpha value is -1.43. The van der Waals surface area contributed by atoms with E-state index >= 15 is 0 Å². The zero-order valence-corrected chi connectivity index (χ0v) is 54.3. The van der Waals surface area contributed by atoms with Gasteiger partial charge in [-0.2, -0.15) is 0 Å². The van der Waals surface area contributed by atoms with Gasteiger partial charge < -0.3 is 72.2 Å². The maximum Gasteiger partial charge on any atom is 0.472 e. The molecule has 0 aliphatic rings. The first-order valence-electron chi connectivity index (χ1n) is 33.4. The highest BCUT2D eigenvalue weighted by atomic mass is 31.2. The van der Waals surface area contributed by atoms with E-state index in [4.69, 9.17) is 71.0 Å². The summed E-state index contributed by atoms with van der Waals surface area (Å²) in [7, 11) is -4.50. The van der Waals surface area contributed by atoms with Crippen molar-refractivity contribution in [2.24, 2.45) is 0 Å². The lowest BCUT2D eigenvalue weighted by Crippen LogP contribution is -2.29. The number of rotatable bonds is 74. The van der Waals surface area contributed by atoms with Crippen LogP contribution in [0.2, 0.25) is 0 Å². The van der Waals surface area contributed by atoms with Gasteiger partial charge in [-0.15, -0.1) is 0 Å². The Labute approximate surface area is 510 Å². The van der Waals surface area contributed by atoms with Crippen LogP contribution in [0.1, 0.15) is 219 Å². The molecule has 0 aromatic heterocycles. The normalized spacial score (nSPS) is 12.8. The number of aliphatic hydroxyl groups excluding tert-OH is 1. The quantitative estimate of drug-likeness (QED) is 0.0292. The molecule has 502 valence electrons. The summed E-state index contributed by atoms with van der Waals surface area (Å²) in [5.74, 6) is -0.846. The number of ether oxygens (including phenoxy) is 12. The molecule has 0 bridgehead atoms. The number of hydrogen-bond donors (Lipinski definition) is 3. The smallest absolute Gasteiger partial charge is 0.462 e. The highest BCUT2D eigenvalue weighted by Gasteiger charge is 2.26. The van der Waals surface area contributed by atoms with Gasteiger partial charge in [-0.3, -0.25) is 18.6 Å². The van der Waals surface area contributed by atoms with Gasteiger partial charge in [0.2, 0.25) is 0 Å². The number of nitrogens with one attached hydrogen (secondary N) is 1. The average molecular weight is 1230 g/mol. The molecule has 0 aliphatic carbocycles. The number of carbonyl (C=O) groups is 2. The van der Waals surface area contributed by atoms with Crippen molar-refractivity contribution in [1.82, 2.24) is 5.32 Å². The Bertz CT molecular complexity index is 1360. The lowest BCUT2D eigenvalue weighted by Gasteiger charge is -2.20. The maximum absolute atomic E-state index is 12.9. The summed E-state index contributed by atoms with van der Waals surface area (Å²) in [5.41, 5.74) is 0. The lowest BCUT2D eigenvalue weighted by atomic mass is 10.0. The molecule has 2 atom stereocenters. The molecular formula is C63H126NO19P. The van der Waals surface area contributed by atoms with E-state index in [2.05, 4.69) is 19.2 Å². The van der Waals surface area contributed by atoms with Crippen LogP contribution >= 0.6 is 7.82 Å². The topological polar surface area (TPSA) is 233 Å². The first-order chi connectivity index (χ1) is 41.3. The van der Waals surface area contributed by atoms with E-state index in [0.29, 0.717) is 145 Å². The molecule has 0 amide bonds. The predicted octanol–water partition coefficient (Wildman–Crippen LogP) is 11.8. The molecule has 1 unspecified atom stereocenters. The zero-order valence-electron chi connectivity index (χ0n) is 53.4. The largest absolute Gasteiger partial charge is 0.472 e. The van der Waals surface area contributed by atoms with Crippen molar-refractivity contribution < 1.29 is 90.0 Å². The van der Waals surface area contributed by atoms with Gasteiger partial charge in [0.1, 0.15) is 6.61 Å². The summed E-state index contributed by atoms with van der Waals surface area (Å²) in [6.45, 7) is 13.4. The number of carbonyl (C=O) groups excluding carboxylic acids is 2. The second-order valence-electron chi connectivity index (χ2n) is 21.4. The fourth-order valence-electron chi connectivity index (χ4n) is 8.76. The summed E-state index contributed by atoms with van der Waals surface area (Å²) < 4.78 is 88.8. The van der Waals surface area contributed by atoms with Crippen LogP contribution in [0.5, 0.6) is 0 Å². The van der Waals surface area contributed by atoms with Crippen molar-refractivity contribution in [2.45, 2.75) is 225 Å². The minimum atomic E-state index is -4.50. The average Bonchev–Trinajstić information content (AvgIpc) is 3.51. The molecule has 21 heteroatoms. The number of aliphatic hydroxyl groups is 1. The van der Waals surface area contributed by atoms with E-state index in [1.54, 1.807) is 0 Å². The molecule has 0 saturated carbocycles. The standard InChI is InChI=1S/C63H126NO19P/c1-3-5-7-9-11-13-15-17-19-21-23-25-27-29-31-33-62(66)80-59-61(83-63(67)34-32-30-28-26-24-22-20-18-16-14-12-10-8-6-4-2)60-82-84(68,69)81-39-36-64-35-38-70-41-43-72-45-47-74-49-51-76-53-55-78-57-58-79-56-54-77-52-50-75-48-46-73-44-42-71-40-37-65/h61,64-65H,3-60H2,1-2H3,(H,68,69)/t61-/m1/s1. The molecule has 3 N–H and O–H groups in total. The molecule has 0 heterocycles. The Kier molecular flexibility index (Phi) is 69.5. The Morgan fingerprint density at radius 3 is 0.940 bits per heavy atom. The molecule has 0 rings (SSSR count). The number of esters is 2. The third-order valence-electron chi connectivity index (χ3n) is 13.7. The summed E-state index contributed by atoms with van der Waals surface area (Å²) >= 11 is 0. The van der Waals surface area contributed by atoms with Gasteiger partial charge in [0.05, 0.1) is 152 Å². The van der Waals surface area contributed by atoms with Crippen LogP contribution in [-0.4, -0.2) is 200 Å². The molecule has 0 aromatic rings. The van der Waals surface area contributed by atoms with Crippen molar-refractivity contribution in [3.63, 3.8) is 0 Å². The molecule has 0 radical (unpaired) electrons. The van der Waals surface area contributed by atoms with Gasteiger partial charge in [0.15, 0.2) is 6.10 Å². The molecular weight excluding hydrogens is 1110 g/mol. The predicted molar refractivity (Wildman–Crippen MR) is 330 cm³/mol. The van der Waals surface area contributed by atoms with Crippen LogP contribution in [-0.2, 0) is 80.0 Å². The van der Waals surface area contributed by atoms with Gasteiger partial charge in [0.25, 0.3) is 0 Å². The first kappa shape index (κ1) is 82.6. The lowest BCUT2D eigenvalue weighted by molar-refractivity contribution is -0.161. The summed E-state index contributed by atoms with van der Waals surface area (Å²) in [6, 6.07) is 0. The Morgan fingerprint density at radius 1 is 0.345 bits per heavy atom. The second kappa shape index (κ2) is 70.7. The zero-order chi connectivity index (χ0) is 60.9. The SMILES string of the molecule is CCCCCCCCCCCCCCCCCC(=O)OC[C@H](COP(=O)(O)OCCNCCOCCOCCOCCOCCOCCOCCOCCOCCOCCOCCO)OC(=O)CCCCCCCCCCCCCCCCC. The van der Waals surface area contributed by atoms with Gasteiger partial charge in [-0.25, -0.2) is 4.57 Å². The van der Waals surface area contributed by atoms with Crippen molar-refractivity contribution in [3.8, 4) is 0 Å². The summed E-state index contributed by atoms with van der Waals surface area (Å²) in [6.07, 6.45) is 36.3. The fraction of sp³-hybridized carbons (Fsp3) is 0.968. The minimum Gasteiger partial charge on any atom is -0.462 e. The van der Waals surface area contributed by atoms with E-state index in [9.17, 15) is 19.0 Å². The highest BCUT2D eigenvalue weighted by Crippen LogP contribution is 2.43. The van der Waals surface area contributed by atoms with Crippen molar-refractivity contribution in [3.05, 3.63) is 0 Å². The van der Waals surface area contributed by atoms with Crippen molar-refractivity contribution in [1.29, 1.82) is 0 Å².